The van der Waals surface area contributed by atoms with Gasteiger partial charge in [-0.1, -0.05) is 255 Å². The molecule has 0 aliphatic carbocycles. The maximum absolute atomic E-state index is 12.5. The van der Waals surface area contributed by atoms with Crippen LogP contribution >= 0.6 is 0 Å². The smallest absolute Gasteiger partial charge is 0.305 e. The minimum atomic E-state index is -0.861. The molecular weight excluding hydrogens is 827 g/mol. The lowest BCUT2D eigenvalue weighted by molar-refractivity contribution is -0.143. The molecule has 0 saturated carbocycles. The highest BCUT2D eigenvalue weighted by Gasteiger charge is 2.18. The number of nitrogens with one attached hydrogen (secondary N) is 1. The predicted molar refractivity (Wildman–Crippen MR) is 292 cm³/mol. The molecule has 2 unspecified atom stereocenters. The summed E-state index contributed by atoms with van der Waals surface area (Å²) in [5.41, 5.74) is 0. The van der Waals surface area contributed by atoms with Crippen molar-refractivity contribution >= 4 is 11.9 Å². The van der Waals surface area contributed by atoms with Crippen LogP contribution in [0.2, 0.25) is 0 Å². The Hall–Kier alpha value is -2.18. The highest BCUT2D eigenvalue weighted by molar-refractivity contribution is 5.76. The van der Waals surface area contributed by atoms with E-state index in [-0.39, 0.29) is 18.5 Å². The second-order valence-electron chi connectivity index (χ2n) is 20.0. The van der Waals surface area contributed by atoms with E-state index in [0.717, 1.165) is 77.0 Å². The third-order valence-electron chi connectivity index (χ3n) is 13.3. The van der Waals surface area contributed by atoms with Crippen LogP contribution in [0.15, 0.2) is 48.6 Å². The summed E-state index contributed by atoms with van der Waals surface area (Å²) in [4.78, 5) is 24.5. The first-order valence-corrected chi connectivity index (χ1v) is 29.4. The molecule has 0 radical (unpaired) electrons. The van der Waals surface area contributed by atoms with Crippen molar-refractivity contribution < 1.29 is 24.5 Å². The maximum Gasteiger partial charge on any atom is 0.305 e. The van der Waals surface area contributed by atoms with Gasteiger partial charge in [0.15, 0.2) is 0 Å². The Morgan fingerprint density at radius 1 is 0.418 bits per heavy atom. The van der Waals surface area contributed by atoms with Gasteiger partial charge in [0.05, 0.1) is 25.4 Å². The molecule has 0 spiro atoms. The van der Waals surface area contributed by atoms with Crippen LogP contribution in [0.5, 0.6) is 0 Å². The molecule has 0 aliphatic heterocycles. The number of ether oxygens (including phenoxy) is 1. The fourth-order valence-corrected chi connectivity index (χ4v) is 8.78. The van der Waals surface area contributed by atoms with E-state index in [2.05, 4.69) is 55.6 Å². The molecule has 0 heterocycles. The van der Waals surface area contributed by atoms with Gasteiger partial charge >= 0.3 is 5.97 Å². The monoisotopic (exact) mass is 940 g/mol. The van der Waals surface area contributed by atoms with Crippen LogP contribution in [0, 0.1) is 0 Å². The van der Waals surface area contributed by atoms with Crippen LogP contribution in [0.1, 0.15) is 303 Å². The average Bonchev–Trinajstić information content (AvgIpc) is 3.33. The molecule has 0 saturated heterocycles. The predicted octanol–water partition coefficient (Wildman–Crippen LogP) is 18.2. The van der Waals surface area contributed by atoms with Crippen LogP contribution in [0.3, 0.4) is 0 Å². The normalized spacial score (nSPS) is 13.0. The lowest BCUT2D eigenvalue weighted by Gasteiger charge is -2.20. The summed E-state index contributed by atoms with van der Waals surface area (Å²) in [7, 11) is 0. The zero-order valence-corrected chi connectivity index (χ0v) is 44.6. The number of unbranched alkanes of at least 4 members (excludes halogenated alkanes) is 38. The van der Waals surface area contributed by atoms with Crippen molar-refractivity contribution in [1.82, 2.24) is 5.32 Å². The van der Waals surface area contributed by atoms with E-state index in [1.165, 1.54) is 199 Å². The third-order valence-corrected chi connectivity index (χ3v) is 13.3. The molecule has 2 atom stereocenters. The number of rotatable bonds is 54. The Kier molecular flexibility index (Phi) is 54.6. The van der Waals surface area contributed by atoms with Crippen molar-refractivity contribution in [3.63, 3.8) is 0 Å². The molecule has 0 aromatic rings. The number of hydrogen-bond acceptors (Lipinski definition) is 5. The highest BCUT2D eigenvalue weighted by atomic mass is 16.5. The first kappa shape index (κ1) is 64.8. The molecule has 0 aromatic heterocycles. The molecule has 1 amide bonds. The summed E-state index contributed by atoms with van der Waals surface area (Å²) >= 11 is 0. The molecule has 6 heteroatoms. The van der Waals surface area contributed by atoms with Gasteiger partial charge in [0.2, 0.25) is 5.91 Å². The van der Waals surface area contributed by atoms with Crippen molar-refractivity contribution in [1.29, 1.82) is 0 Å². The largest absolute Gasteiger partial charge is 0.466 e. The first-order chi connectivity index (χ1) is 33.0. The molecule has 67 heavy (non-hydrogen) atoms. The number of hydrogen-bond donors (Lipinski definition) is 3. The SMILES string of the molecule is CCCC/C=C\CCCCCCCC(=O)OCCCCC/C=C\C=C/CCCCCCCCC(=O)NC(CO)C(O)/C=C/CCCCCCCCCCCCCCCCCCCCCCCC. The van der Waals surface area contributed by atoms with Gasteiger partial charge in [-0.15, -0.1) is 0 Å². The zero-order chi connectivity index (χ0) is 48.6. The summed E-state index contributed by atoms with van der Waals surface area (Å²) in [6.07, 6.45) is 71.4. The van der Waals surface area contributed by atoms with Crippen LogP contribution in [-0.4, -0.2) is 47.4 Å². The molecule has 0 bridgehead atoms. The van der Waals surface area contributed by atoms with E-state index in [0.29, 0.717) is 19.4 Å². The summed E-state index contributed by atoms with van der Waals surface area (Å²) in [6, 6.07) is -0.647. The number of esters is 1. The number of carbonyl (C=O) groups excluding carboxylic acids is 2. The molecule has 3 N–H and O–H groups in total. The number of amides is 1. The van der Waals surface area contributed by atoms with E-state index in [9.17, 15) is 19.8 Å². The molecule has 0 aromatic carbocycles. The van der Waals surface area contributed by atoms with Crippen LogP contribution in [0.25, 0.3) is 0 Å². The van der Waals surface area contributed by atoms with E-state index < -0.39 is 12.1 Å². The van der Waals surface area contributed by atoms with Gasteiger partial charge in [-0.3, -0.25) is 9.59 Å². The van der Waals surface area contributed by atoms with E-state index in [4.69, 9.17) is 4.74 Å². The zero-order valence-electron chi connectivity index (χ0n) is 44.6. The first-order valence-electron chi connectivity index (χ1n) is 29.4. The van der Waals surface area contributed by atoms with E-state index in [1.54, 1.807) is 6.08 Å². The number of allylic oxidation sites excluding steroid dienone is 7. The molecular formula is C61H113NO5. The fourth-order valence-electron chi connectivity index (χ4n) is 8.78. The van der Waals surface area contributed by atoms with Gasteiger partial charge in [-0.2, -0.15) is 0 Å². The minimum Gasteiger partial charge on any atom is -0.466 e. The molecule has 0 fully saturated rings. The van der Waals surface area contributed by atoms with Crippen LogP contribution < -0.4 is 5.32 Å². The minimum absolute atomic E-state index is 0.0341. The molecule has 0 rings (SSSR count). The maximum atomic E-state index is 12.5. The van der Waals surface area contributed by atoms with Crippen molar-refractivity contribution in [3.8, 4) is 0 Å². The molecule has 6 nitrogen and oxygen atoms in total. The van der Waals surface area contributed by atoms with Crippen molar-refractivity contribution in [2.75, 3.05) is 13.2 Å². The summed E-state index contributed by atoms with van der Waals surface area (Å²) in [6.45, 7) is 4.81. The van der Waals surface area contributed by atoms with Crippen molar-refractivity contribution in [2.45, 2.75) is 315 Å². The Morgan fingerprint density at radius 3 is 1.19 bits per heavy atom. The summed E-state index contributed by atoms with van der Waals surface area (Å²) < 4.78 is 5.42. The van der Waals surface area contributed by atoms with Gasteiger partial charge in [-0.25, -0.2) is 0 Å². The summed E-state index contributed by atoms with van der Waals surface area (Å²) in [5.74, 6) is -0.123. The molecule has 392 valence electrons. The Morgan fingerprint density at radius 2 is 0.761 bits per heavy atom. The molecule has 0 aliphatic rings. The quantitative estimate of drug-likeness (QED) is 0.0244. The van der Waals surface area contributed by atoms with E-state index in [1.807, 2.05) is 6.08 Å². The summed E-state index contributed by atoms with van der Waals surface area (Å²) in [5, 5.41) is 23.2. The topological polar surface area (TPSA) is 95.9 Å². The standard InChI is InChI=1S/C61H113NO5/c1-3-5-7-9-11-13-15-16-17-18-19-20-21-22-23-24-25-27-30-34-37-41-45-49-53-59(64)58(57-63)62-60(65)54-50-46-42-38-35-31-28-26-29-32-36-40-44-48-52-56-67-61(66)55-51-47-43-39-33-14-12-10-8-6-4-2/h10,12,26,29,32,36,49,53,58-59,63-64H,3-9,11,13-25,27-28,30-31,33-35,37-48,50-52,54-57H2,1-2H3,(H,62,65)/b12-10-,29-26-,36-32-,53-49+. The Labute approximate surface area is 416 Å². The second kappa shape index (κ2) is 56.4. The number of aliphatic hydroxyl groups is 2. The fraction of sp³-hybridized carbons (Fsp3) is 0.836. The van der Waals surface area contributed by atoms with Gasteiger partial charge in [0, 0.05) is 12.8 Å². The Balaban J connectivity index is 3.55. The van der Waals surface area contributed by atoms with Crippen LogP contribution in [0.4, 0.5) is 0 Å². The van der Waals surface area contributed by atoms with Gasteiger partial charge < -0.3 is 20.3 Å². The van der Waals surface area contributed by atoms with Crippen molar-refractivity contribution in [2.24, 2.45) is 0 Å². The highest BCUT2D eigenvalue weighted by Crippen LogP contribution is 2.17. The van der Waals surface area contributed by atoms with Gasteiger partial charge in [-0.05, 0) is 83.5 Å². The van der Waals surface area contributed by atoms with Crippen molar-refractivity contribution in [3.05, 3.63) is 48.6 Å². The number of carbonyl (C=O) groups is 2. The average molecular weight is 941 g/mol. The third kappa shape index (κ3) is 53.0. The van der Waals surface area contributed by atoms with Crippen LogP contribution in [-0.2, 0) is 14.3 Å². The Bertz CT molecular complexity index is 1130. The number of aliphatic hydroxyl groups excluding tert-OH is 2. The van der Waals surface area contributed by atoms with Gasteiger partial charge in [0.25, 0.3) is 0 Å². The van der Waals surface area contributed by atoms with E-state index >= 15 is 0 Å². The lowest BCUT2D eigenvalue weighted by atomic mass is 10.0. The lowest BCUT2D eigenvalue weighted by Crippen LogP contribution is -2.45. The second-order valence-corrected chi connectivity index (χ2v) is 20.0. The van der Waals surface area contributed by atoms with Gasteiger partial charge in [0.1, 0.15) is 0 Å².